The lowest BCUT2D eigenvalue weighted by Crippen LogP contribution is -2.58. The van der Waals surface area contributed by atoms with E-state index in [4.69, 9.17) is 26.1 Å². The number of hydrogen-bond donors (Lipinski definition) is 2. The molecule has 1 aromatic rings. The second-order valence-electron chi connectivity index (χ2n) is 14.5. The number of nitrogens with one attached hydrogen (secondary N) is 2. The van der Waals surface area contributed by atoms with Crippen molar-refractivity contribution in [1.29, 1.82) is 0 Å². The highest BCUT2D eigenvalue weighted by molar-refractivity contribution is 8.00. The summed E-state index contributed by atoms with van der Waals surface area (Å²) in [5.41, 5.74) is 1.90. The third-order valence-corrected chi connectivity index (χ3v) is 13.9. The number of sulfonamides is 1. The van der Waals surface area contributed by atoms with Gasteiger partial charge in [0.1, 0.15) is 5.82 Å². The number of methoxy groups -OCH3 is 1. The predicted molar refractivity (Wildman–Crippen MR) is 185 cm³/mol. The summed E-state index contributed by atoms with van der Waals surface area (Å²) < 4.78 is 39.9. The lowest BCUT2D eigenvalue weighted by molar-refractivity contribution is -0.123. The summed E-state index contributed by atoms with van der Waals surface area (Å²) in [4.78, 5) is 34.2. The van der Waals surface area contributed by atoms with Gasteiger partial charge >= 0.3 is 0 Å². The lowest BCUT2D eigenvalue weighted by Gasteiger charge is -2.47. The minimum atomic E-state index is -3.63. The molecule has 1 aromatic heterocycles. The Morgan fingerprint density at radius 2 is 1.91 bits per heavy atom. The average Bonchev–Trinajstić information content (AvgIpc) is 3.46. The van der Waals surface area contributed by atoms with Crippen molar-refractivity contribution in [2.24, 2.45) is 17.8 Å². The highest BCUT2D eigenvalue weighted by Gasteiger charge is 2.52. The van der Waals surface area contributed by atoms with Crippen LogP contribution in [0.1, 0.15) is 69.0 Å². The number of amides is 1. The number of aromatic nitrogens is 2. The Kier molecular flexibility index (Phi) is 11.3. The third-order valence-electron chi connectivity index (χ3n) is 11.4. The standard InChI is InChI=1S/C33H52ClN5O6S2/c1-19-15-25(31-30(35-19)27(18-46-31)32(40)37-47(4,42)43)24-16-21(34)5-8-29(24)45-14-13-39-20(2)36-28-7-6-22(17-26(28)33(39)41)38-11-9-23(44-3)10-12-38/h19,21-25,27,29-31,35H,5-18H2,1-4H3,(H,37,40)/t19?,21?,22-,24?,25?,27?,29?,30?,31?/m0/s1. The van der Waals surface area contributed by atoms with Gasteiger partial charge in [-0.3, -0.25) is 23.8 Å². The predicted octanol–water partition coefficient (Wildman–Crippen LogP) is 2.49. The normalized spacial score (nSPS) is 35.3. The Balaban J connectivity index is 1.12. The number of nitrogens with zero attached hydrogens (tertiary/aromatic N) is 3. The Morgan fingerprint density at radius 3 is 2.64 bits per heavy atom. The van der Waals surface area contributed by atoms with E-state index in [0.717, 1.165) is 94.2 Å². The van der Waals surface area contributed by atoms with E-state index >= 15 is 0 Å². The Morgan fingerprint density at radius 1 is 1.15 bits per heavy atom. The molecule has 1 amide bonds. The summed E-state index contributed by atoms with van der Waals surface area (Å²) in [5, 5.41) is 3.86. The van der Waals surface area contributed by atoms with Crippen molar-refractivity contribution in [3.05, 3.63) is 27.4 Å². The zero-order valence-electron chi connectivity index (χ0n) is 28.2. The molecule has 0 aromatic carbocycles. The van der Waals surface area contributed by atoms with Crippen molar-refractivity contribution in [3.8, 4) is 0 Å². The summed E-state index contributed by atoms with van der Waals surface area (Å²) in [6.45, 7) is 6.96. The molecule has 0 bridgehead atoms. The van der Waals surface area contributed by atoms with Crippen LogP contribution in [0.5, 0.6) is 0 Å². The molecule has 2 aliphatic carbocycles. The monoisotopic (exact) mass is 713 g/mol. The fourth-order valence-electron chi connectivity index (χ4n) is 9.04. The molecule has 8 unspecified atom stereocenters. The number of thioether (sulfide) groups is 1. The van der Waals surface area contributed by atoms with Crippen LogP contribution in [-0.4, -0.2) is 109 Å². The van der Waals surface area contributed by atoms with E-state index in [2.05, 4.69) is 21.9 Å². The molecule has 4 heterocycles. The van der Waals surface area contributed by atoms with Crippen LogP contribution in [0.4, 0.5) is 0 Å². The summed E-state index contributed by atoms with van der Waals surface area (Å²) in [5.74, 6) is 0.979. The van der Waals surface area contributed by atoms with E-state index in [0.29, 0.717) is 31.1 Å². The molecular formula is C33H52ClN5O6S2. The third kappa shape index (κ3) is 8.07. The molecule has 47 heavy (non-hydrogen) atoms. The van der Waals surface area contributed by atoms with Gasteiger partial charge in [-0.15, -0.1) is 11.6 Å². The minimum absolute atomic E-state index is 0.00597. The zero-order valence-corrected chi connectivity index (χ0v) is 30.5. The van der Waals surface area contributed by atoms with Gasteiger partial charge in [0.2, 0.25) is 15.9 Å². The van der Waals surface area contributed by atoms with E-state index in [1.165, 1.54) is 0 Å². The molecule has 4 fully saturated rings. The van der Waals surface area contributed by atoms with Gasteiger partial charge in [-0.2, -0.15) is 11.8 Å². The molecule has 3 aliphatic heterocycles. The second-order valence-corrected chi connectivity index (χ2v) is 18.1. The Labute approximate surface area is 288 Å². The number of piperidine rings is 2. The van der Waals surface area contributed by atoms with Crippen LogP contribution in [0.25, 0.3) is 0 Å². The van der Waals surface area contributed by atoms with Gasteiger partial charge in [0.25, 0.3) is 5.56 Å². The molecule has 5 aliphatic rings. The number of likely N-dealkylation sites (tertiary alicyclic amines) is 1. The maximum absolute atomic E-state index is 13.9. The molecule has 11 nitrogen and oxygen atoms in total. The number of fused-ring (bicyclic) bond motifs is 2. The molecule has 3 saturated heterocycles. The number of alkyl halides is 1. The van der Waals surface area contributed by atoms with Gasteiger partial charge in [-0.1, -0.05) is 0 Å². The van der Waals surface area contributed by atoms with Crippen LogP contribution in [0.3, 0.4) is 0 Å². The fourth-order valence-corrected chi connectivity index (χ4v) is 11.7. The summed E-state index contributed by atoms with van der Waals surface area (Å²) in [7, 11) is -1.83. The molecule has 0 radical (unpaired) electrons. The van der Waals surface area contributed by atoms with E-state index in [9.17, 15) is 18.0 Å². The van der Waals surface area contributed by atoms with Gasteiger partial charge in [0.05, 0.1) is 43.2 Å². The maximum atomic E-state index is 13.9. The van der Waals surface area contributed by atoms with Crippen molar-refractivity contribution in [3.63, 3.8) is 0 Å². The second kappa shape index (κ2) is 14.9. The van der Waals surface area contributed by atoms with Crippen LogP contribution in [0.15, 0.2) is 4.79 Å². The first-order valence-electron chi connectivity index (χ1n) is 17.4. The van der Waals surface area contributed by atoms with E-state index in [1.54, 1.807) is 23.4 Å². The van der Waals surface area contributed by atoms with Gasteiger partial charge in [0, 0.05) is 60.3 Å². The average molecular weight is 714 g/mol. The molecule has 264 valence electrons. The van der Waals surface area contributed by atoms with Crippen molar-refractivity contribution in [2.75, 3.05) is 38.8 Å². The van der Waals surface area contributed by atoms with Crippen molar-refractivity contribution < 1.29 is 22.7 Å². The van der Waals surface area contributed by atoms with Crippen molar-refractivity contribution >= 4 is 39.3 Å². The lowest BCUT2D eigenvalue weighted by atomic mass is 9.70. The molecule has 6 rings (SSSR count). The first-order chi connectivity index (χ1) is 22.4. The SMILES string of the molecule is COC1CCN([C@H]2CCc3nc(C)n(CCOC4CCC(Cl)CC4C4CC(C)NC5C(C(=O)NS(C)(=O)=O)CSC45)c(=O)c3C2)CC1. The first kappa shape index (κ1) is 35.6. The molecule has 1 saturated carbocycles. The van der Waals surface area contributed by atoms with Crippen LogP contribution >= 0.6 is 23.4 Å². The molecular weight excluding hydrogens is 662 g/mol. The zero-order chi connectivity index (χ0) is 33.5. The van der Waals surface area contributed by atoms with E-state index in [1.807, 2.05) is 6.92 Å². The maximum Gasteiger partial charge on any atom is 0.257 e. The Bertz CT molecular complexity index is 1450. The van der Waals surface area contributed by atoms with Gasteiger partial charge in [0.15, 0.2) is 0 Å². The number of carbonyl (C=O) groups is 1. The number of hydrogen-bond acceptors (Lipinski definition) is 10. The topological polar surface area (TPSA) is 132 Å². The largest absolute Gasteiger partial charge is 0.381 e. The molecule has 0 spiro atoms. The number of carbonyl (C=O) groups excluding carboxylic acids is 1. The molecule has 14 heteroatoms. The van der Waals surface area contributed by atoms with Crippen LogP contribution in [-0.2, 0) is 43.7 Å². The van der Waals surface area contributed by atoms with Gasteiger partial charge < -0.3 is 14.8 Å². The smallest absolute Gasteiger partial charge is 0.257 e. The number of rotatable bonds is 9. The molecule has 9 atom stereocenters. The van der Waals surface area contributed by atoms with Gasteiger partial charge in [-0.05, 0) is 83.5 Å². The number of halogens is 1. The Hall–Kier alpha value is -1.22. The van der Waals surface area contributed by atoms with E-state index < -0.39 is 21.8 Å². The summed E-state index contributed by atoms with van der Waals surface area (Å²) in [6, 6.07) is 0.447. The highest BCUT2D eigenvalue weighted by atomic mass is 35.5. The van der Waals surface area contributed by atoms with E-state index in [-0.39, 0.29) is 46.2 Å². The highest BCUT2D eigenvalue weighted by Crippen LogP contribution is 2.48. The van der Waals surface area contributed by atoms with Crippen molar-refractivity contribution in [2.45, 2.75) is 119 Å². The summed E-state index contributed by atoms with van der Waals surface area (Å²) >= 11 is 8.54. The molecule has 2 N–H and O–H groups in total. The van der Waals surface area contributed by atoms with Crippen LogP contribution in [0.2, 0.25) is 0 Å². The minimum Gasteiger partial charge on any atom is -0.381 e. The number of ether oxygens (including phenoxy) is 2. The summed E-state index contributed by atoms with van der Waals surface area (Å²) in [6.07, 6.45) is 9.59. The first-order valence-corrected chi connectivity index (χ1v) is 20.8. The fraction of sp³-hybridized carbons (Fsp3) is 0.848. The van der Waals surface area contributed by atoms with Crippen molar-refractivity contribution in [1.82, 2.24) is 24.5 Å². The number of aryl methyl sites for hydroxylation is 2. The van der Waals surface area contributed by atoms with Crippen LogP contribution in [0, 0.1) is 24.7 Å². The van der Waals surface area contributed by atoms with Gasteiger partial charge in [-0.25, -0.2) is 13.4 Å². The van der Waals surface area contributed by atoms with Crippen LogP contribution < -0.4 is 15.6 Å². The quantitative estimate of drug-likeness (QED) is 0.368.